The van der Waals surface area contributed by atoms with E-state index < -0.39 is 0 Å². The first kappa shape index (κ1) is 24.6. The van der Waals surface area contributed by atoms with Gasteiger partial charge < -0.3 is 0 Å². The molecule has 0 radical (unpaired) electrons. The maximum absolute atomic E-state index is 2.60. The maximum atomic E-state index is 2.60. The summed E-state index contributed by atoms with van der Waals surface area (Å²) in [4.78, 5) is 2.99. The summed E-state index contributed by atoms with van der Waals surface area (Å²) < 4.78 is 0. The Morgan fingerprint density at radius 1 is 0.575 bits per heavy atom. The van der Waals surface area contributed by atoms with Gasteiger partial charge in [0.05, 0.1) is 0 Å². The fraction of sp³-hybridized carbons (Fsp3) is 0.211. The number of benzene rings is 3. The number of hydrogen-bond acceptors (Lipinski definition) is 2. The van der Waals surface area contributed by atoms with E-state index in [-0.39, 0.29) is 0 Å². The summed E-state index contributed by atoms with van der Waals surface area (Å²) in [5, 5.41) is 0.886. The number of thioether (sulfide) groups is 2. The Bertz CT molecular complexity index is 1620. The molecule has 0 aromatic heterocycles. The van der Waals surface area contributed by atoms with Crippen LogP contribution in [0.4, 0.5) is 0 Å². The second-order valence-corrected chi connectivity index (χ2v) is 13.8. The highest BCUT2D eigenvalue weighted by atomic mass is 32.2. The van der Waals surface area contributed by atoms with Crippen molar-refractivity contribution in [2.24, 2.45) is 17.8 Å². The highest BCUT2D eigenvalue weighted by Gasteiger charge is 2.50. The van der Waals surface area contributed by atoms with Crippen LogP contribution in [-0.2, 0) is 0 Å². The van der Waals surface area contributed by atoms with Gasteiger partial charge in [-0.05, 0) is 58.2 Å². The van der Waals surface area contributed by atoms with Crippen LogP contribution >= 0.6 is 23.5 Å². The zero-order chi connectivity index (χ0) is 26.5. The van der Waals surface area contributed by atoms with Gasteiger partial charge in [0, 0.05) is 38.1 Å². The molecule has 0 bridgehead atoms. The van der Waals surface area contributed by atoms with Gasteiger partial charge in [-0.25, -0.2) is 0 Å². The first-order valence-electron chi connectivity index (χ1n) is 14.6. The average molecular weight is 553 g/mol. The SMILES string of the molecule is C1=CC2Sc3cccc(-c4ccccc4)c3C(C3C4=CCCC=C4S[C@@H]4C(c5ccccc5)=CC=CC34)C2C=C1. The zero-order valence-corrected chi connectivity index (χ0v) is 24.0. The molecule has 3 aromatic carbocycles. The van der Waals surface area contributed by atoms with E-state index in [1.54, 1.807) is 11.1 Å². The quantitative estimate of drug-likeness (QED) is 0.317. The van der Waals surface area contributed by atoms with Crippen LogP contribution in [0.15, 0.2) is 149 Å². The van der Waals surface area contributed by atoms with Crippen molar-refractivity contribution < 1.29 is 0 Å². The van der Waals surface area contributed by atoms with Crippen LogP contribution in [0.2, 0.25) is 0 Å². The predicted molar refractivity (Wildman–Crippen MR) is 173 cm³/mol. The second kappa shape index (κ2) is 10.3. The Labute approximate surface area is 246 Å². The summed E-state index contributed by atoms with van der Waals surface area (Å²) in [6.45, 7) is 0. The van der Waals surface area contributed by atoms with E-state index in [0.29, 0.717) is 34.2 Å². The van der Waals surface area contributed by atoms with Crippen molar-refractivity contribution in [3.8, 4) is 11.1 Å². The van der Waals surface area contributed by atoms with E-state index in [1.807, 2.05) is 0 Å². The Balaban J connectivity index is 1.34. The molecule has 2 aliphatic heterocycles. The zero-order valence-electron chi connectivity index (χ0n) is 22.4. The van der Waals surface area contributed by atoms with Gasteiger partial charge >= 0.3 is 0 Å². The normalized spacial score (nSPS) is 29.8. The van der Waals surface area contributed by atoms with Gasteiger partial charge in [0.1, 0.15) is 0 Å². The van der Waals surface area contributed by atoms with Crippen LogP contribution in [0, 0.1) is 17.8 Å². The molecular weight excluding hydrogens is 521 g/mol. The monoisotopic (exact) mass is 552 g/mol. The van der Waals surface area contributed by atoms with Gasteiger partial charge in [-0.2, -0.15) is 0 Å². The van der Waals surface area contributed by atoms with Gasteiger partial charge in [0.25, 0.3) is 0 Å². The maximum Gasteiger partial charge on any atom is 0.0419 e. The molecule has 5 aliphatic rings. The highest BCUT2D eigenvalue weighted by molar-refractivity contribution is 8.04. The standard InChI is InChI=1S/C38H32S2/c1-3-13-25(14-4-1)27-19-12-24-34-36(27)37(30-18-8-9-22-32(30)39-34)35-29-17-7-10-23-33(29)40-38-28(20-11-21-31(35)38)26-15-5-2-6-16-26/h1-6,8-9,11-24,30-32,35,37-38H,7,10H2/t30?,31?,32?,35?,37?,38-/m1/s1. The summed E-state index contributed by atoms with van der Waals surface area (Å²) in [5.41, 5.74) is 8.74. The van der Waals surface area contributed by atoms with Crippen molar-refractivity contribution in [2.75, 3.05) is 0 Å². The van der Waals surface area contributed by atoms with Crippen molar-refractivity contribution in [3.05, 3.63) is 155 Å². The van der Waals surface area contributed by atoms with Crippen LogP contribution < -0.4 is 0 Å². The molecule has 5 unspecified atom stereocenters. The van der Waals surface area contributed by atoms with Crippen molar-refractivity contribution in [1.29, 1.82) is 0 Å². The van der Waals surface area contributed by atoms with Crippen LogP contribution in [0.1, 0.15) is 29.9 Å². The number of rotatable bonds is 3. The summed E-state index contributed by atoms with van der Waals surface area (Å²) in [7, 11) is 0. The molecule has 0 N–H and O–H groups in total. The van der Waals surface area contributed by atoms with E-state index in [1.165, 1.54) is 32.1 Å². The summed E-state index contributed by atoms with van der Waals surface area (Å²) in [6, 6.07) is 29.2. The van der Waals surface area contributed by atoms with Crippen molar-refractivity contribution in [2.45, 2.75) is 34.2 Å². The molecule has 2 heterocycles. The van der Waals surface area contributed by atoms with E-state index in [9.17, 15) is 0 Å². The Morgan fingerprint density at radius 2 is 1.32 bits per heavy atom. The van der Waals surface area contributed by atoms with Crippen LogP contribution in [0.25, 0.3) is 16.7 Å². The smallest absolute Gasteiger partial charge is 0.0419 e. The van der Waals surface area contributed by atoms with Gasteiger partial charge in [0.2, 0.25) is 0 Å². The molecule has 1 fully saturated rings. The lowest BCUT2D eigenvalue weighted by atomic mass is 9.62. The van der Waals surface area contributed by atoms with Gasteiger partial charge in [-0.1, -0.05) is 127 Å². The molecule has 196 valence electrons. The molecule has 40 heavy (non-hydrogen) atoms. The minimum Gasteiger partial charge on any atom is -0.118 e. The summed E-state index contributed by atoms with van der Waals surface area (Å²) in [5.74, 6) is 1.73. The third kappa shape index (κ3) is 4.07. The minimum absolute atomic E-state index is 0.403. The molecule has 0 amide bonds. The predicted octanol–water partition coefficient (Wildman–Crippen LogP) is 10.3. The Kier molecular flexibility index (Phi) is 6.35. The third-order valence-electron chi connectivity index (χ3n) is 9.22. The van der Waals surface area contributed by atoms with E-state index in [2.05, 4.69) is 157 Å². The van der Waals surface area contributed by atoms with Crippen molar-refractivity contribution in [1.82, 2.24) is 0 Å². The fourth-order valence-corrected chi connectivity index (χ4v) is 10.6. The van der Waals surface area contributed by atoms with Crippen molar-refractivity contribution in [3.63, 3.8) is 0 Å². The Morgan fingerprint density at radius 3 is 2.17 bits per heavy atom. The molecule has 3 aliphatic carbocycles. The van der Waals surface area contributed by atoms with Gasteiger partial charge in [-0.15, -0.1) is 23.5 Å². The first-order valence-corrected chi connectivity index (χ1v) is 16.3. The molecule has 0 nitrogen and oxygen atoms in total. The average Bonchev–Trinajstić information content (AvgIpc) is 3.03. The lowest BCUT2D eigenvalue weighted by Gasteiger charge is -2.50. The van der Waals surface area contributed by atoms with Gasteiger partial charge in [-0.3, -0.25) is 0 Å². The Hall–Kier alpha value is -3.20. The lowest BCUT2D eigenvalue weighted by Crippen LogP contribution is -2.42. The lowest BCUT2D eigenvalue weighted by molar-refractivity contribution is 0.320. The topological polar surface area (TPSA) is 0 Å². The molecule has 3 aromatic rings. The van der Waals surface area contributed by atoms with Crippen LogP contribution in [-0.4, -0.2) is 10.5 Å². The van der Waals surface area contributed by atoms with E-state index in [0.717, 1.165) is 12.8 Å². The first-order chi connectivity index (χ1) is 19.9. The molecule has 0 spiro atoms. The molecule has 8 rings (SSSR count). The van der Waals surface area contributed by atoms with Crippen LogP contribution in [0.5, 0.6) is 0 Å². The van der Waals surface area contributed by atoms with Gasteiger partial charge in [0.15, 0.2) is 0 Å². The van der Waals surface area contributed by atoms with E-state index in [4.69, 9.17) is 0 Å². The number of allylic oxidation sites excluding steroid dienone is 9. The fourth-order valence-electron chi connectivity index (χ4n) is 7.56. The molecule has 1 saturated heterocycles. The minimum atomic E-state index is 0.403. The number of hydrogen-bond donors (Lipinski definition) is 0. The summed E-state index contributed by atoms with van der Waals surface area (Å²) >= 11 is 4.18. The number of fused-ring (bicyclic) bond motifs is 4. The van der Waals surface area contributed by atoms with E-state index >= 15 is 0 Å². The van der Waals surface area contributed by atoms with Crippen molar-refractivity contribution >= 4 is 29.1 Å². The highest BCUT2D eigenvalue weighted by Crippen LogP contribution is 2.62. The summed E-state index contributed by atoms with van der Waals surface area (Å²) in [6.07, 6.45) is 24.3. The largest absolute Gasteiger partial charge is 0.118 e. The van der Waals surface area contributed by atoms with Crippen LogP contribution in [0.3, 0.4) is 0 Å². The third-order valence-corrected chi connectivity index (χ3v) is 12.1. The molecule has 2 heteroatoms. The molecule has 6 atom stereocenters. The molecular formula is C38H32S2. The second-order valence-electron chi connectivity index (χ2n) is 11.4. The molecule has 0 saturated carbocycles.